The molecule has 0 unspecified atom stereocenters. The van der Waals surface area contributed by atoms with Gasteiger partial charge in [0.25, 0.3) is 0 Å². The van der Waals surface area contributed by atoms with Crippen LogP contribution in [0.3, 0.4) is 0 Å². The first-order chi connectivity index (χ1) is 7.29. The summed E-state index contributed by atoms with van der Waals surface area (Å²) in [7, 11) is 1.88. The first-order valence-corrected chi connectivity index (χ1v) is 5.44. The van der Waals surface area contributed by atoms with Gasteiger partial charge in [0.1, 0.15) is 6.26 Å². The molecule has 0 amide bonds. The van der Waals surface area contributed by atoms with Crippen LogP contribution in [-0.2, 0) is 6.54 Å². The Morgan fingerprint density at radius 3 is 2.73 bits per heavy atom. The molecule has 15 heavy (non-hydrogen) atoms. The summed E-state index contributed by atoms with van der Waals surface area (Å²) in [5, 5.41) is 3.03. The van der Waals surface area contributed by atoms with Crippen LogP contribution in [0.1, 0.15) is 5.69 Å². The minimum absolute atomic E-state index is 0.660. The van der Waals surface area contributed by atoms with Gasteiger partial charge in [-0.1, -0.05) is 15.9 Å². The Bertz CT molecular complexity index is 436. The SMILES string of the molecule is CNCc1coc(-c2ccc(Br)cc2)n1. The van der Waals surface area contributed by atoms with E-state index in [-0.39, 0.29) is 0 Å². The highest BCUT2D eigenvalue weighted by molar-refractivity contribution is 9.10. The largest absolute Gasteiger partial charge is 0.444 e. The molecule has 2 aromatic rings. The van der Waals surface area contributed by atoms with E-state index in [0.717, 1.165) is 22.3 Å². The van der Waals surface area contributed by atoms with Crippen molar-refractivity contribution >= 4 is 15.9 Å². The molecular formula is C11H11BrN2O. The fraction of sp³-hybridized carbons (Fsp3) is 0.182. The molecule has 0 aliphatic carbocycles. The van der Waals surface area contributed by atoms with Crippen molar-refractivity contribution in [3.8, 4) is 11.5 Å². The van der Waals surface area contributed by atoms with E-state index < -0.39 is 0 Å². The minimum atomic E-state index is 0.660. The van der Waals surface area contributed by atoms with Crippen molar-refractivity contribution in [1.82, 2.24) is 10.3 Å². The number of aromatic nitrogens is 1. The highest BCUT2D eigenvalue weighted by atomic mass is 79.9. The fourth-order valence-corrected chi connectivity index (χ4v) is 1.56. The summed E-state index contributed by atoms with van der Waals surface area (Å²) in [6.07, 6.45) is 1.67. The normalized spacial score (nSPS) is 10.5. The van der Waals surface area contributed by atoms with E-state index in [4.69, 9.17) is 4.42 Å². The molecular weight excluding hydrogens is 256 g/mol. The van der Waals surface area contributed by atoms with E-state index in [1.54, 1.807) is 6.26 Å². The zero-order chi connectivity index (χ0) is 10.7. The average molecular weight is 267 g/mol. The molecule has 0 saturated heterocycles. The molecule has 0 spiro atoms. The second kappa shape index (κ2) is 4.59. The van der Waals surface area contributed by atoms with Crippen LogP contribution >= 0.6 is 15.9 Å². The number of benzene rings is 1. The Morgan fingerprint density at radius 2 is 2.07 bits per heavy atom. The van der Waals surface area contributed by atoms with E-state index in [0.29, 0.717) is 5.89 Å². The van der Waals surface area contributed by atoms with Gasteiger partial charge in [0.05, 0.1) is 5.69 Å². The third-order valence-corrected chi connectivity index (χ3v) is 2.53. The second-order valence-corrected chi connectivity index (χ2v) is 4.10. The molecule has 0 aliphatic rings. The summed E-state index contributed by atoms with van der Waals surface area (Å²) >= 11 is 3.39. The maximum absolute atomic E-state index is 5.38. The Labute approximate surface area is 96.6 Å². The molecule has 0 atom stereocenters. The number of oxazole rings is 1. The molecule has 1 heterocycles. The molecule has 1 aromatic carbocycles. The van der Waals surface area contributed by atoms with Gasteiger partial charge in [-0.15, -0.1) is 0 Å². The number of rotatable bonds is 3. The number of nitrogens with one attached hydrogen (secondary N) is 1. The van der Waals surface area contributed by atoms with Crippen LogP contribution in [0.5, 0.6) is 0 Å². The zero-order valence-corrected chi connectivity index (χ0v) is 9.91. The van der Waals surface area contributed by atoms with Crippen LogP contribution in [0.4, 0.5) is 0 Å². The molecule has 3 nitrogen and oxygen atoms in total. The average Bonchev–Trinajstić information content (AvgIpc) is 2.68. The first-order valence-electron chi connectivity index (χ1n) is 4.64. The summed E-state index contributed by atoms with van der Waals surface area (Å²) in [6, 6.07) is 7.88. The Hall–Kier alpha value is -1.13. The van der Waals surface area contributed by atoms with Gasteiger partial charge in [-0.25, -0.2) is 4.98 Å². The van der Waals surface area contributed by atoms with E-state index in [9.17, 15) is 0 Å². The molecule has 1 aromatic heterocycles. The van der Waals surface area contributed by atoms with Crippen LogP contribution in [-0.4, -0.2) is 12.0 Å². The highest BCUT2D eigenvalue weighted by Gasteiger charge is 2.05. The Morgan fingerprint density at radius 1 is 1.33 bits per heavy atom. The van der Waals surface area contributed by atoms with Crippen LogP contribution in [0.25, 0.3) is 11.5 Å². The lowest BCUT2D eigenvalue weighted by Crippen LogP contribution is -2.04. The van der Waals surface area contributed by atoms with Gasteiger partial charge in [-0.05, 0) is 31.3 Å². The summed E-state index contributed by atoms with van der Waals surface area (Å²) in [5.74, 6) is 0.660. The number of halogens is 1. The quantitative estimate of drug-likeness (QED) is 0.929. The van der Waals surface area contributed by atoms with Gasteiger partial charge < -0.3 is 9.73 Å². The van der Waals surface area contributed by atoms with Gasteiger partial charge in [-0.2, -0.15) is 0 Å². The molecule has 4 heteroatoms. The van der Waals surface area contributed by atoms with E-state index in [1.807, 2.05) is 31.3 Å². The van der Waals surface area contributed by atoms with Crippen LogP contribution in [0.15, 0.2) is 39.4 Å². The Kier molecular flexibility index (Phi) is 3.18. The predicted molar refractivity (Wildman–Crippen MR) is 62.4 cm³/mol. The standard InChI is InChI=1S/C11H11BrN2O/c1-13-6-10-7-15-11(14-10)8-2-4-9(12)5-3-8/h2-5,7,13H,6H2,1H3. The lowest BCUT2D eigenvalue weighted by Gasteiger charge is -1.94. The molecule has 0 aliphatic heterocycles. The minimum Gasteiger partial charge on any atom is -0.444 e. The highest BCUT2D eigenvalue weighted by Crippen LogP contribution is 2.20. The van der Waals surface area contributed by atoms with Gasteiger partial charge in [0.15, 0.2) is 0 Å². The maximum Gasteiger partial charge on any atom is 0.226 e. The number of hydrogen-bond donors (Lipinski definition) is 1. The third-order valence-electron chi connectivity index (χ3n) is 2.00. The van der Waals surface area contributed by atoms with Crippen molar-refractivity contribution < 1.29 is 4.42 Å². The molecule has 0 fully saturated rings. The monoisotopic (exact) mass is 266 g/mol. The summed E-state index contributed by atoms with van der Waals surface area (Å²) < 4.78 is 6.43. The molecule has 2 rings (SSSR count). The molecule has 0 radical (unpaired) electrons. The van der Waals surface area contributed by atoms with Crippen molar-refractivity contribution in [2.24, 2.45) is 0 Å². The molecule has 78 valence electrons. The van der Waals surface area contributed by atoms with E-state index in [2.05, 4.69) is 26.2 Å². The van der Waals surface area contributed by atoms with Crippen molar-refractivity contribution in [2.75, 3.05) is 7.05 Å². The van der Waals surface area contributed by atoms with E-state index in [1.165, 1.54) is 0 Å². The first kappa shape index (κ1) is 10.4. The molecule has 0 saturated carbocycles. The van der Waals surface area contributed by atoms with Gasteiger partial charge in [0.2, 0.25) is 5.89 Å². The third kappa shape index (κ3) is 2.46. The maximum atomic E-state index is 5.38. The van der Waals surface area contributed by atoms with Crippen molar-refractivity contribution in [1.29, 1.82) is 0 Å². The van der Waals surface area contributed by atoms with Crippen LogP contribution in [0.2, 0.25) is 0 Å². The van der Waals surface area contributed by atoms with Crippen molar-refractivity contribution in [3.63, 3.8) is 0 Å². The second-order valence-electron chi connectivity index (χ2n) is 3.18. The van der Waals surface area contributed by atoms with Crippen molar-refractivity contribution in [3.05, 3.63) is 40.7 Å². The lowest BCUT2D eigenvalue weighted by atomic mass is 10.2. The number of hydrogen-bond acceptors (Lipinski definition) is 3. The summed E-state index contributed by atoms with van der Waals surface area (Å²) in [4.78, 5) is 4.36. The smallest absolute Gasteiger partial charge is 0.226 e. The fourth-order valence-electron chi connectivity index (χ4n) is 1.29. The van der Waals surface area contributed by atoms with Crippen molar-refractivity contribution in [2.45, 2.75) is 6.54 Å². The summed E-state index contributed by atoms with van der Waals surface area (Å²) in [6.45, 7) is 0.722. The molecule has 1 N–H and O–H groups in total. The summed E-state index contributed by atoms with van der Waals surface area (Å²) in [5.41, 5.74) is 1.90. The number of nitrogens with zero attached hydrogens (tertiary/aromatic N) is 1. The van der Waals surface area contributed by atoms with E-state index >= 15 is 0 Å². The zero-order valence-electron chi connectivity index (χ0n) is 8.33. The topological polar surface area (TPSA) is 38.1 Å². The van der Waals surface area contributed by atoms with Gasteiger partial charge in [0, 0.05) is 16.6 Å². The van der Waals surface area contributed by atoms with Crippen LogP contribution in [0, 0.1) is 0 Å². The molecule has 0 bridgehead atoms. The van der Waals surface area contributed by atoms with Gasteiger partial charge >= 0.3 is 0 Å². The van der Waals surface area contributed by atoms with Gasteiger partial charge in [-0.3, -0.25) is 0 Å². The Balaban J connectivity index is 2.25. The predicted octanol–water partition coefficient (Wildman–Crippen LogP) is 2.82. The lowest BCUT2D eigenvalue weighted by molar-refractivity contribution is 0.571. The van der Waals surface area contributed by atoms with Crippen LogP contribution < -0.4 is 5.32 Å².